The van der Waals surface area contributed by atoms with Crippen molar-refractivity contribution in [2.45, 2.75) is 39.0 Å². The summed E-state index contributed by atoms with van der Waals surface area (Å²) in [6.45, 7) is 2.38. The first-order chi connectivity index (χ1) is 9.47. The third kappa shape index (κ3) is 4.22. The lowest BCUT2D eigenvalue weighted by Crippen LogP contribution is -2.08. The van der Waals surface area contributed by atoms with Crippen LogP contribution in [0.5, 0.6) is 0 Å². The van der Waals surface area contributed by atoms with Gasteiger partial charge in [-0.3, -0.25) is 14.9 Å². The van der Waals surface area contributed by atoms with Crippen LogP contribution in [0.15, 0.2) is 0 Å². The first kappa shape index (κ1) is 15.9. The number of carboxylic acid groups (broad SMARTS) is 1. The van der Waals surface area contributed by atoms with Crippen LogP contribution in [0.4, 0.5) is 11.5 Å². The number of hydrogen-bond donors (Lipinski definition) is 2. The van der Waals surface area contributed by atoms with Gasteiger partial charge in [-0.1, -0.05) is 13.3 Å². The maximum atomic E-state index is 11.1. The maximum absolute atomic E-state index is 11.1. The fraction of sp³-hybridized carbons (Fsp3) is 0.667. The van der Waals surface area contributed by atoms with Crippen LogP contribution in [-0.2, 0) is 18.3 Å². The van der Waals surface area contributed by atoms with Crippen LogP contribution in [0.1, 0.15) is 38.3 Å². The van der Waals surface area contributed by atoms with Gasteiger partial charge in [0.25, 0.3) is 0 Å². The van der Waals surface area contributed by atoms with E-state index in [9.17, 15) is 14.9 Å². The van der Waals surface area contributed by atoms with Gasteiger partial charge >= 0.3 is 11.7 Å². The van der Waals surface area contributed by atoms with Crippen LogP contribution in [0, 0.1) is 10.1 Å². The molecule has 1 heterocycles. The fourth-order valence-electron chi connectivity index (χ4n) is 1.98. The molecule has 20 heavy (non-hydrogen) atoms. The molecule has 8 nitrogen and oxygen atoms in total. The highest BCUT2D eigenvalue weighted by Crippen LogP contribution is 2.28. The number of aliphatic carboxylic acids is 1. The number of nitrogens with zero attached hydrogens (tertiary/aromatic N) is 3. The van der Waals surface area contributed by atoms with Gasteiger partial charge in [-0.05, 0) is 19.3 Å². The fourth-order valence-corrected chi connectivity index (χ4v) is 1.98. The van der Waals surface area contributed by atoms with Gasteiger partial charge < -0.3 is 10.4 Å². The van der Waals surface area contributed by atoms with Gasteiger partial charge in [-0.2, -0.15) is 5.10 Å². The van der Waals surface area contributed by atoms with E-state index in [0.717, 1.165) is 12.8 Å². The second kappa shape index (κ2) is 7.46. The van der Waals surface area contributed by atoms with Gasteiger partial charge in [0, 0.05) is 20.0 Å². The second-order valence-corrected chi connectivity index (χ2v) is 4.51. The molecular weight excluding hydrogens is 264 g/mol. The summed E-state index contributed by atoms with van der Waals surface area (Å²) in [5.41, 5.74) is 0.492. The van der Waals surface area contributed by atoms with E-state index in [-0.39, 0.29) is 12.1 Å². The monoisotopic (exact) mass is 284 g/mol. The van der Waals surface area contributed by atoms with Crippen molar-refractivity contribution in [3.63, 3.8) is 0 Å². The van der Waals surface area contributed by atoms with Gasteiger partial charge in [0.2, 0.25) is 5.82 Å². The topological polar surface area (TPSA) is 110 Å². The van der Waals surface area contributed by atoms with Crippen LogP contribution in [-0.4, -0.2) is 32.3 Å². The molecule has 0 aliphatic heterocycles. The Bertz CT molecular complexity index is 484. The average molecular weight is 284 g/mol. The zero-order chi connectivity index (χ0) is 15.1. The molecule has 0 aliphatic carbocycles. The van der Waals surface area contributed by atoms with Gasteiger partial charge in [0.05, 0.1) is 4.92 Å². The molecule has 0 amide bonds. The van der Waals surface area contributed by atoms with Gasteiger partial charge in [0.1, 0.15) is 5.69 Å². The quantitative estimate of drug-likeness (QED) is 0.407. The van der Waals surface area contributed by atoms with Crippen molar-refractivity contribution in [2.75, 3.05) is 11.9 Å². The Balaban J connectivity index is 2.53. The summed E-state index contributed by atoms with van der Waals surface area (Å²) < 4.78 is 1.48. The lowest BCUT2D eigenvalue weighted by molar-refractivity contribution is -0.384. The van der Waals surface area contributed by atoms with E-state index in [1.165, 1.54) is 4.68 Å². The molecule has 1 rings (SSSR count). The van der Waals surface area contributed by atoms with E-state index in [2.05, 4.69) is 10.4 Å². The summed E-state index contributed by atoms with van der Waals surface area (Å²) >= 11 is 0. The first-order valence-corrected chi connectivity index (χ1v) is 6.63. The molecule has 1 aromatic rings. The predicted molar refractivity (Wildman–Crippen MR) is 73.8 cm³/mol. The summed E-state index contributed by atoms with van der Waals surface area (Å²) in [6, 6.07) is 0. The number of nitro groups is 1. The van der Waals surface area contributed by atoms with Crippen molar-refractivity contribution >= 4 is 17.5 Å². The molecule has 8 heteroatoms. The van der Waals surface area contributed by atoms with Crippen LogP contribution < -0.4 is 5.32 Å². The standard InChI is InChI=1S/C12H20N4O4/c1-3-9-11(16(19)20)12(15(2)14-9)13-8-6-4-5-7-10(17)18/h13H,3-8H2,1-2H3,(H,17,18). The minimum Gasteiger partial charge on any atom is -0.481 e. The zero-order valence-electron chi connectivity index (χ0n) is 11.8. The van der Waals surface area contributed by atoms with E-state index in [1.54, 1.807) is 7.05 Å². The minimum absolute atomic E-state index is 0.0283. The third-order valence-corrected chi connectivity index (χ3v) is 2.97. The highest BCUT2D eigenvalue weighted by Gasteiger charge is 2.24. The van der Waals surface area contributed by atoms with E-state index in [1.807, 2.05) is 6.92 Å². The Morgan fingerprint density at radius 1 is 1.45 bits per heavy atom. The van der Waals surface area contributed by atoms with E-state index >= 15 is 0 Å². The van der Waals surface area contributed by atoms with Gasteiger partial charge in [0.15, 0.2) is 0 Å². The predicted octanol–water partition coefficient (Wildman–Crippen LogP) is 1.95. The average Bonchev–Trinajstić information content (AvgIpc) is 2.70. The Labute approximate surface area is 116 Å². The largest absolute Gasteiger partial charge is 0.481 e. The highest BCUT2D eigenvalue weighted by atomic mass is 16.6. The van der Waals surface area contributed by atoms with Crippen LogP contribution in [0.3, 0.4) is 0 Å². The molecular formula is C12H20N4O4. The number of rotatable bonds is 9. The zero-order valence-corrected chi connectivity index (χ0v) is 11.8. The summed E-state index contributed by atoms with van der Waals surface area (Å²) in [7, 11) is 1.67. The molecule has 112 valence electrons. The molecule has 2 N–H and O–H groups in total. The number of carboxylic acids is 1. The molecule has 0 aromatic carbocycles. The van der Waals surface area contributed by atoms with Crippen molar-refractivity contribution in [3.8, 4) is 0 Å². The van der Waals surface area contributed by atoms with Crippen molar-refractivity contribution in [2.24, 2.45) is 7.05 Å². The molecule has 0 spiro atoms. The minimum atomic E-state index is -0.798. The summed E-state index contributed by atoms with van der Waals surface area (Å²) in [5, 5.41) is 26.7. The van der Waals surface area contributed by atoms with Crippen LogP contribution >= 0.6 is 0 Å². The molecule has 0 fully saturated rings. The van der Waals surface area contributed by atoms with Crippen molar-refractivity contribution in [1.82, 2.24) is 9.78 Å². The molecule has 0 saturated heterocycles. The van der Waals surface area contributed by atoms with E-state index in [0.29, 0.717) is 30.9 Å². The molecule has 0 bridgehead atoms. The number of aromatic nitrogens is 2. The summed E-state index contributed by atoms with van der Waals surface area (Å²) in [5.74, 6) is -0.391. The molecule has 0 aliphatic rings. The first-order valence-electron chi connectivity index (χ1n) is 6.63. The molecule has 0 saturated carbocycles. The van der Waals surface area contributed by atoms with Gasteiger partial charge in [-0.25, -0.2) is 4.68 Å². The third-order valence-electron chi connectivity index (χ3n) is 2.97. The Morgan fingerprint density at radius 3 is 2.70 bits per heavy atom. The molecule has 0 radical (unpaired) electrons. The van der Waals surface area contributed by atoms with E-state index in [4.69, 9.17) is 5.11 Å². The number of hydrogen-bond acceptors (Lipinski definition) is 5. The van der Waals surface area contributed by atoms with Crippen molar-refractivity contribution < 1.29 is 14.8 Å². The lowest BCUT2D eigenvalue weighted by atomic mass is 10.2. The van der Waals surface area contributed by atoms with E-state index < -0.39 is 10.9 Å². The summed E-state index contributed by atoms with van der Waals surface area (Å²) in [4.78, 5) is 21.0. The van der Waals surface area contributed by atoms with Crippen LogP contribution in [0.25, 0.3) is 0 Å². The number of unbranched alkanes of at least 4 members (excludes halogenated alkanes) is 2. The molecule has 0 atom stereocenters. The lowest BCUT2D eigenvalue weighted by Gasteiger charge is -2.05. The Morgan fingerprint density at radius 2 is 2.15 bits per heavy atom. The Kier molecular flexibility index (Phi) is 5.95. The SMILES string of the molecule is CCc1nn(C)c(NCCCCCC(=O)O)c1[N+](=O)[O-]. The number of nitrogens with one attached hydrogen (secondary N) is 1. The normalized spacial score (nSPS) is 10.5. The summed E-state index contributed by atoms with van der Waals surface area (Å²) in [6.07, 6.45) is 2.81. The Hall–Kier alpha value is -2.12. The maximum Gasteiger partial charge on any atom is 0.333 e. The number of carbonyl (C=O) groups is 1. The molecule has 1 aromatic heterocycles. The second-order valence-electron chi connectivity index (χ2n) is 4.51. The number of anilines is 1. The van der Waals surface area contributed by atoms with Crippen LogP contribution in [0.2, 0.25) is 0 Å². The molecule has 0 unspecified atom stereocenters. The van der Waals surface area contributed by atoms with Gasteiger partial charge in [-0.15, -0.1) is 0 Å². The van der Waals surface area contributed by atoms with Crippen molar-refractivity contribution in [3.05, 3.63) is 15.8 Å². The highest BCUT2D eigenvalue weighted by molar-refractivity contribution is 5.66. The number of aryl methyl sites for hydroxylation is 2. The smallest absolute Gasteiger partial charge is 0.333 e. The van der Waals surface area contributed by atoms with Crippen molar-refractivity contribution in [1.29, 1.82) is 0 Å².